The Morgan fingerprint density at radius 2 is 1.70 bits per heavy atom. The van der Waals surface area contributed by atoms with Gasteiger partial charge in [0.1, 0.15) is 12.0 Å². The van der Waals surface area contributed by atoms with Crippen LogP contribution in [0.25, 0.3) is 10.8 Å². The molecule has 0 aromatic heterocycles. The minimum atomic E-state index is -0.517. The smallest absolute Gasteiger partial charge is 0.236 e. The predicted molar refractivity (Wildman–Crippen MR) is 127 cm³/mol. The van der Waals surface area contributed by atoms with Crippen LogP contribution >= 0.6 is 11.9 Å². The fraction of sp³-hybridized carbons (Fsp3) is 0.409. The fourth-order valence-corrected chi connectivity index (χ4v) is 2.04. The second kappa shape index (κ2) is 18.4. The molecule has 8 heteroatoms. The van der Waals surface area contributed by atoms with Crippen molar-refractivity contribution in [2.45, 2.75) is 40.0 Å². The molecule has 0 aliphatic carbocycles. The number of carbonyl (C=O) groups excluding carboxylic acids is 3. The molecule has 0 saturated carbocycles. The van der Waals surface area contributed by atoms with E-state index >= 15 is 0 Å². The van der Waals surface area contributed by atoms with E-state index in [-0.39, 0.29) is 18.4 Å². The first-order valence-corrected chi connectivity index (χ1v) is 10.9. The Morgan fingerprint density at radius 1 is 1.17 bits per heavy atom. The summed E-state index contributed by atoms with van der Waals surface area (Å²) in [6.07, 6.45) is 3.16. The van der Waals surface area contributed by atoms with Crippen LogP contribution in [0.4, 0.5) is 0 Å². The first-order chi connectivity index (χ1) is 14.3. The molecule has 0 fully saturated rings. The second-order valence-electron chi connectivity index (χ2n) is 5.73. The standard InChI is InChI=1S/C14H14O2.C5H10N2O2.C2H6.CH5NS/c1-10(9-15)11-3-4-13-8-14(16-2)6-5-12(13)7-11;1-2-5(9)7-3-4(6)8;1-2;1-3-2/h3-10H,1-2H3;2-3H2,1H3,(H2,6,8)(H,7,9);1-2H3;2H2,1H3. The van der Waals surface area contributed by atoms with E-state index in [1.54, 1.807) is 14.0 Å². The topological polar surface area (TPSA) is 125 Å². The van der Waals surface area contributed by atoms with E-state index in [0.717, 1.165) is 28.4 Å². The van der Waals surface area contributed by atoms with Crippen molar-refractivity contribution in [3.05, 3.63) is 42.0 Å². The van der Waals surface area contributed by atoms with E-state index in [2.05, 4.69) is 5.32 Å². The van der Waals surface area contributed by atoms with Gasteiger partial charge in [0.25, 0.3) is 0 Å². The summed E-state index contributed by atoms with van der Waals surface area (Å²) in [6, 6.07) is 12.0. The molecule has 2 aromatic rings. The molecule has 0 radical (unpaired) electrons. The minimum absolute atomic E-state index is 0.0495. The second-order valence-corrected chi connectivity index (χ2v) is 6.20. The predicted octanol–water partition coefficient (Wildman–Crippen LogP) is 3.40. The van der Waals surface area contributed by atoms with Gasteiger partial charge in [0.2, 0.25) is 11.8 Å². The lowest BCUT2D eigenvalue weighted by Crippen LogP contribution is -2.32. The van der Waals surface area contributed by atoms with Crippen molar-refractivity contribution in [3.8, 4) is 5.75 Å². The van der Waals surface area contributed by atoms with Gasteiger partial charge in [-0.25, -0.2) is 0 Å². The third-order valence-corrected chi connectivity index (χ3v) is 3.58. The van der Waals surface area contributed by atoms with Crippen molar-refractivity contribution in [2.75, 3.05) is 19.9 Å². The monoisotopic (exact) mass is 437 g/mol. The van der Waals surface area contributed by atoms with Crippen molar-refractivity contribution in [1.29, 1.82) is 0 Å². The van der Waals surface area contributed by atoms with Crippen LogP contribution in [-0.4, -0.2) is 38.0 Å². The molecule has 2 rings (SSSR count). The number of amides is 2. The number of hydrogen-bond acceptors (Lipinski definition) is 6. The number of ether oxygens (including phenoxy) is 1. The first kappa shape index (κ1) is 29.6. The maximum absolute atomic E-state index is 10.7. The summed E-state index contributed by atoms with van der Waals surface area (Å²) in [6.45, 7) is 7.54. The summed E-state index contributed by atoms with van der Waals surface area (Å²) in [5.41, 5.74) is 5.79. The van der Waals surface area contributed by atoms with E-state index in [1.807, 2.05) is 63.4 Å². The Labute approximate surface area is 184 Å². The molecule has 168 valence electrons. The Kier molecular flexibility index (Phi) is 18.2. The normalized spacial score (nSPS) is 9.97. The van der Waals surface area contributed by atoms with E-state index in [1.165, 1.54) is 11.9 Å². The highest BCUT2D eigenvalue weighted by molar-refractivity contribution is 7.96. The molecule has 0 saturated heterocycles. The van der Waals surface area contributed by atoms with Gasteiger partial charge in [0, 0.05) is 12.3 Å². The first-order valence-electron chi connectivity index (χ1n) is 9.63. The summed E-state index contributed by atoms with van der Waals surface area (Å²) in [5.74, 6) is 0.126. The van der Waals surface area contributed by atoms with E-state index in [0.29, 0.717) is 6.42 Å². The number of fused-ring (bicyclic) bond motifs is 1. The van der Waals surface area contributed by atoms with Gasteiger partial charge in [-0.15, -0.1) is 0 Å². The third kappa shape index (κ3) is 12.8. The van der Waals surface area contributed by atoms with Crippen LogP contribution in [0.1, 0.15) is 45.6 Å². The number of benzene rings is 2. The van der Waals surface area contributed by atoms with E-state index in [9.17, 15) is 14.4 Å². The largest absolute Gasteiger partial charge is 0.497 e. The molecule has 2 aromatic carbocycles. The summed E-state index contributed by atoms with van der Waals surface area (Å²) >= 11 is 1.25. The Balaban J connectivity index is 0. The molecule has 0 aliphatic rings. The highest BCUT2D eigenvalue weighted by atomic mass is 32.2. The van der Waals surface area contributed by atoms with Crippen LogP contribution in [0.5, 0.6) is 5.75 Å². The molecule has 2 amide bonds. The number of carbonyl (C=O) groups is 3. The van der Waals surface area contributed by atoms with Gasteiger partial charge >= 0.3 is 0 Å². The summed E-state index contributed by atoms with van der Waals surface area (Å²) in [5, 5.41) is 9.34. The van der Waals surface area contributed by atoms with Gasteiger partial charge in [-0.05, 0) is 34.7 Å². The highest BCUT2D eigenvalue weighted by Gasteiger charge is 2.04. The highest BCUT2D eigenvalue weighted by Crippen LogP contribution is 2.24. The lowest BCUT2D eigenvalue weighted by molar-refractivity contribution is -0.124. The van der Waals surface area contributed by atoms with Gasteiger partial charge in [0.15, 0.2) is 0 Å². The van der Waals surface area contributed by atoms with Gasteiger partial charge in [-0.3, -0.25) is 14.7 Å². The molecule has 30 heavy (non-hydrogen) atoms. The molecular weight excluding hydrogens is 402 g/mol. The number of rotatable bonds is 6. The van der Waals surface area contributed by atoms with Crippen LogP contribution in [0.2, 0.25) is 0 Å². The number of hydrogen-bond donors (Lipinski definition) is 3. The Bertz CT molecular complexity index is 769. The summed E-state index contributed by atoms with van der Waals surface area (Å²) in [4.78, 5) is 31.1. The third-order valence-electron chi connectivity index (χ3n) is 3.58. The zero-order valence-electron chi connectivity index (χ0n) is 18.7. The average Bonchev–Trinajstić information content (AvgIpc) is 2.78. The molecule has 1 unspecified atom stereocenters. The number of methoxy groups -OCH3 is 1. The van der Waals surface area contributed by atoms with E-state index in [4.69, 9.17) is 15.6 Å². The van der Waals surface area contributed by atoms with Crippen molar-refractivity contribution in [2.24, 2.45) is 10.9 Å². The molecule has 5 N–H and O–H groups in total. The molecule has 1 atom stereocenters. The van der Waals surface area contributed by atoms with Crippen LogP contribution in [0.15, 0.2) is 36.4 Å². The van der Waals surface area contributed by atoms with Gasteiger partial charge in [0.05, 0.1) is 13.7 Å². The van der Waals surface area contributed by atoms with Crippen molar-refractivity contribution in [3.63, 3.8) is 0 Å². The zero-order valence-corrected chi connectivity index (χ0v) is 19.5. The number of primary amides is 1. The zero-order chi connectivity index (χ0) is 23.5. The van der Waals surface area contributed by atoms with Crippen molar-refractivity contribution in [1.82, 2.24) is 5.32 Å². The lowest BCUT2D eigenvalue weighted by Gasteiger charge is -2.07. The van der Waals surface area contributed by atoms with Crippen molar-refractivity contribution >= 4 is 40.8 Å². The van der Waals surface area contributed by atoms with Crippen LogP contribution in [0.3, 0.4) is 0 Å². The van der Waals surface area contributed by atoms with Crippen LogP contribution in [0, 0.1) is 0 Å². The maximum Gasteiger partial charge on any atom is 0.236 e. The SMILES string of the molecule is CC.CCC(=O)NCC(N)=O.COc1ccc2cc(C(C)C=O)ccc2c1.CSN. The molecule has 0 spiro atoms. The molecule has 0 heterocycles. The van der Waals surface area contributed by atoms with Gasteiger partial charge in [-0.2, -0.15) is 0 Å². The molecule has 0 aliphatic heterocycles. The Hall–Kier alpha value is -2.58. The number of nitrogens with two attached hydrogens (primary N) is 2. The quantitative estimate of drug-likeness (QED) is 0.470. The van der Waals surface area contributed by atoms with Crippen LogP contribution in [-0.2, 0) is 14.4 Å². The van der Waals surface area contributed by atoms with Gasteiger partial charge in [-0.1, -0.05) is 63.9 Å². The maximum atomic E-state index is 10.7. The number of nitrogens with one attached hydrogen (secondary N) is 1. The van der Waals surface area contributed by atoms with Gasteiger partial charge < -0.3 is 20.6 Å². The fourth-order valence-electron chi connectivity index (χ4n) is 2.04. The Morgan fingerprint density at radius 3 is 2.17 bits per heavy atom. The lowest BCUT2D eigenvalue weighted by atomic mass is 9.99. The van der Waals surface area contributed by atoms with E-state index < -0.39 is 5.91 Å². The summed E-state index contributed by atoms with van der Waals surface area (Å²) in [7, 11) is 1.66. The number of aldehydes is 1. The molecular formula is C22H35N3O4S. The summed E-state index contributed by atoms with van der Waals surface area (Å²) < 4.78 is 5.16. The van der Waals surface area contributed by atoms with Crippen molar-refractivity contribution < 1.29 is 19.1 Å². The molecule has 0 bridgehead atoms. The van der Waals surface area contributed by atoms with Crippen LogP contribution < -0.4 is 20.9 Å². The molecule has 7 nitrogen and oxygen atoms in total. The average molecular weight is 438 g/mol. The minimum Gasteiger partial charge on any atom is -0.497 e.